The summed E-state index contributed by atoms with van der Waals surface area (Å²) in [5.74, 6) is 0.398. The first kappa shape index (κ1) is 19.1. The summed E-state index contributed by atoms with van der Waals surface area (Å²) in [6, 6.07) is 10.7. The summed E-state index contributed by atoms with van der Waals surface area (Å²) >= 11 is 7.22. The molecule has 0 fully saturated rings. The zero-order valence-electron chi connectivity index (χ0n) is 14.6. The van der Waals surface area contributed by atoms with Gasteiger partial charge in [0.05, 0.1) is 18.5 Å². The summed E-state index contributed by atoms with van der Waals surface area (Å²) < 4.78 is 23.7. The minimum atomic E-state index is -0.331. The van der Waals surface area contributed by atoms with Crippen LogP contribution in [0.15, 0.2) is 42.5 Å². The Morgan fingerprint density at radius 2 is 2.00 bits per heavy atom. The van der Waals surface area contributed by atoms with Crippen molar-refractivity contribution >= 4 is 34.5 Å². The van der Waals surface area contributed by atoms with Crippen molar-refractivity contribution in [2.45, 2.75) is 13.5 Å². The van der Waals surface area contributed by atoms with Crippen LogP contribution in [0.5, 0.6) is 11.5 Å². The highest BCUT2D eigenvalue weighted by atomic mass is 35.5. The van der Waals surface area contributed by atoms with E-state index in [2.05, 4.69) is 10.3 Å². The highest BCUT2D eigenvalue weighted by Gasteiger charge is 2.17. The standard InChI is InChI=1S/C19H16ClFN2O3S/c1-11-18(19(24)23-15-9-12(20)3-8-16(15)25-2)27-17(22-11)10-26-14-6-4-13(21)5-7-14/h3-9H,10H2,1-2H3,(H,23,24). The van der Waals surface area contributed by atoms with E-state index in [4.69, 9.17) is 21.1 Å². The molecule has 0 bridgehead atoms. The second-order valence-electron chi connectivity index (χ2n) is 5.56. The van der Waals surface area contributed by atoms with E-state index < -0.39 is 0 Å². The Kier molecular flexibility index (Phi) is 5.93. The van der Waals surface area contributed by atoms with Crippen LogP contribution in [0.3, 0.4) is 0 Å². The molecule has 0 unspecified atom stereocenters. The summed E-state index contributed by atoms with van der Waals surface area (Å²) in [5, 5.41) is 3.92. The molecule has 0 aliphatic rings. The Hall–Kier alpha value is -2.64. The van der Waals surface area contributed by atoms with Crippen molar-refractivity contribution in [2.24, 2.45) is 0 Å². The third kappa shape index (κ3) is 4.75. The lowest BCUT2D eigenvalue weighted by Gasteiger charge is -2.10. The fraction of sp³-hybridized carbons (Fsp3) is 0.158. The number of carbonyl (C=O) groups is 1. The van der Waals surface area contributed by atoms with Gasteiger partial charge < -0.3 is 14.8 Å². The molecule has 0 radical (unpaired) electrons. The first-order chi connectivity index (χ1) is 13.0. The monoisotopic (exact) mass is 406 g/mol. The van der Waals surface area contributed by atoms with E-state index in [-0.39, 0.29) is 18.3 Å². The number of methoxy groups -OCH3 is 1. The number of anilines is 1. The van der Waals surface area contributed by atoms with Crippen LogP contribution >= 0.6 is 22.9 Å². The van der Waals surface area contributed by atoms with E-state index in [0.29, 0.717) is 37.8 Å². The SMILES string of the molecule is COc1ccc(Cl)cc1NC(=O)c1sc(COc2ccc(F)cc2)nc1C. The maximum atomic E-state index is 12.9. The number of nitrogens with zero attached hydrogens (tertiary/aromatic N) is 1. The third-order valence-electron chi connectivity index (χ3n) is 3.63. The van der Waals surface area contributed by atoms with Crippen LogP contribution in [0.4, 0.5) is 10.1 Å². The van der Waals surface area contributed by atoms with Gasteiger partial charge in [0.1, 0.15) is 33.8 Å². The van der Waals surface area contributed by atoms with Crippen molar-refractivity contribution in [3.8, 4) is 11.5 Å². The average molecular weight is 407 g/mol. The molecule has 8 heteroatoms. The van der Waals surface area contributed by atoms with Gasteiger partial charge >= 0.3 is 0 Å². The van der Waals surface area contributed by atoms with Crippen LogP contribution in [-0.2, 0) is 6.61 Å². The van der Waals surface area contributed by atoms with E-state index in [1.807, 2.05) is 0 Å². The summed E-state index contributed by atoms with van der Waals surface area (Å²) in [5.41, 5.74) is 1.07. The first-order valence-corrected chi connectivity index (χ1v) is 9.15. The lowest BCUT2D eigenvalue weighted by molar-refractivity contribution is 0.102. The molecule has 5 nitrogen and oxygen atoms in total. The lowest BCUT2D eigenvalue weighted by Crippen LogP contribution is -2.12. The second kappa shape index (κ2) is 8.37. The minimum Gasteiger partial charge on any atom is -0.495 e. The molecule has 1 amide bonds. The summed E-state index contributed by atoms with van der Waals surface area (Å²) in [7, 11) is 1.52. The molecule has 27 heavy (non-hydrogen) atoms. The number of carbonyl (C=O) groups excluding carboxylic acids is 1. The number of hydrogen-bond acceptors (Lipinski definition) is 5. The minimum absolute atomic E-state index is 0.185. The van der Waals surface area contributed by atoms with Crippen LogP contribution in [-0.4, -0.2) is 18.0 Å². The third-order valence-corrected chi connectivity index (χ3v) is 5.00. The number of rotatable bonds is 6. The van der Waals surface area contributed by atoms with Crippen LogP contribution in [0.25, 0.3) is 0 Å². The number of nitrogens with one attached hydrogen (secondary N) is 1. The molecule has 0 atom stereocenters. The zero-order valence-corrected chi connectivity index (χ0v) is 16.2. The normalized spacial score (nSPS) is 10.5. The summed E-state index contributed by atoms with van der Waals surface area (Å²) in [6.45, 7) is 1.94. The van der Waals surface area contributed by atoms with E-state index in [1.54, 1.807) is 25.1 Å². The van der Waals surface area contributed by atoms with Crippen molar-refractivity contribution in [1.82, 2.24) is 4.98 Å². The Balaban J connectivity index is 1.71. The van der Waals surface area contributed by atoms with Gasteiger partial charge in [0, 0.05) is 5.02 Å². The second-order valence-corrected chi connectivity index (χ2v) is 7.08. The number of thiazole rings is 1. The number of hydrogen-bond donors (Lipinski definition) is 1. The van der Waals surface area contributed by atoms with E-state index in [1.165, 1.54) is 42.7 Å². The van der Waals surface area contributed by atoms with Crippen LogP contribution in [0.2, 0.25) is 5.02 Å². The van der Waals surface area contributed by atoms with E-state index in [9.17, 15) is 9.18 Å². The molecule has 2 aromatic carbocycles. The van der Waals surface area contributed by atoms with Gasteiger partial charge in [-0.05, 0) is 49.4 Å². The Bertz CT molecular complexity index is 960. The molecular weight excluding hydrogens is 391 g/mol. The largest absolute Gasteiger partial charge is 0.495 e. The van der Waals surface area contributed by atoms with Gasteiger partial charge in [0.2, 0.25) is 0 Å². The zero-order chi connectivity index (χ0) is 19.4. The lowest BCUT2D eigenvalue weighted by atomic mass is 10.2. The quantitative estimate of drug-likeness (QED) is 0.619. The van der Waals surface area contributed by atoms with Gasteiger partial charge in [0.25, 0.3) is 5.91 Å². The van der Waals surface area contributed by atoms with Crippen molar-refractivity contribution in [1.29, 1.82) is 0 Å². The number of aromatic nitrogens is 1. The average Bonchev–Trinajstić information content (AvgIpc) is 3.02. The molecule has 0 aliphatic heterocycles. The molecule has 1 N–H and O–H groups in total. The molecule has 1 aromatic heterocycles. The molecule has 0 aliphatic carbocycles. The fourth-order valence-corrected chi connectivity index (χ4v) is 3.40. The maximum absolute atomic E-state index is 12.9. The smallest absolute Gasteiger partial charge is 0.267 e. The van der Waals surface area contributed by atoms with E-state index >= 15 is 0 Å². The number of amides is 1. The van der Waals surface area contributed by atoms with Crippen molar-refractivity contribution in [3.63, 3.8) is 0 Å². The molecule has 0 saturated heterocycles. The van der Waals surface area contributed by atoms with Crippen LogP contribution in [0, 0.1) is 12.7 Å². The number of halogens is 2. The van der Waals surface area contributed by atoms with Gasteiger partial charge in [-0.25, -0.2) is 9.37 Å². The Labute approximate surface area is 164 Å². The molecule has 3 aromatic rings. The highest BCUT2D eigenvalue weighted by Crippen LogP contribution is 2.29. The molecule has 140 valence electrons. The van der Waals surface area contributed by atoms with Gasteiger partial charge in [0.15, 0.2) is 0 Å². The van der Waals surface area contributed by atoms with Crippen molar-refractivity contribution < 1.29 is 18.7 Å². The Morgan fingerprint density at radius 1 is 1.26 bits per heavy atom. The number of ether oxygens (including phenoxy) is 2. The number of benzene rings is 2. The van der Waals surface area contributed by atoms with Gasteiger partial charge in [-0.15, -0.1) is 11.3 Å². The van der Waals surface area contributed by atoms with Gasteiger partial charge in [-0.2, -0.15) is 0 Å². The highest BCUT2D eigenvalue weighted by molar-refractivity contribution is 7.13. The predicted octanol–water partition coefficient (Wildman–Crippen LogP) is 5.08. The molecule has 1 heterocycles. The molecule has 0 spiro atoms. The topological polar surface area (TPSA) is 60.5 Å². The van der Waals surface area contributed by atoms with Crippen molar-refractivity contribution in [2.75, 3.05) is 12.4 Å². The summed E-state index contributed by atoms with van der Waals surface area (Å²) in [6.07, 6.45) is 0. The van der Waals surface area contributed by atoms with Crippen molar-refractivity contribution in [3.05, 3.63) is 68.9 Å². The number of aryl methyl sites for hydroxylation is 1. The van der Waals surface area contributed by atoms with E-state index in [0.717, 1.165) is 0 Å². The van der Waals surface area contributed by atoms with Gasteiger partial charge in [-0.3, -0.25) is 4.79 Å². The molecular formula is C19H16ClFN2O3S. The fourth-order valence-electron chi connectivity index (χ4n) is 2.36. The first-order valence-electron chi connectivity index (χ1n) is 7.96. The molecule has 0 saturated carbocycles. The van der Waals surface area contributed by atoms with Crippen LogP contribution < -0.4 is 14.8 Å². The predicted molar refractivity (Wildman–Crippen MR) is 104 cm³/mol. The van der Waals surface area contributed by atoms with Crippen LogP contribution in [0.1, 0.15) is 20.4 Å². The summed E-state index contributed by atoms with van der Waals surface area (Å²) in [4.78, 5) is 17.5. The maximum Gasteiger partial charge on any atom is 0.267 e. The Morgan fingerprint density at radius 3 is 2.70 bits per heavy atom. The molecule has 3 rings (SSSR count). The van der Waals surface area contributed by atoms with Gasteiger partial charge in [-0.1, -0.05) is 11.6 Å².